The van der Waals surface area contributed by atoms with E-state index in [9.17, 15) is 4.79 Å². The van der Waals surface area contributed by atoms with E-state index in [0.29, 0.717) is 33.7 Å². The molecule has 1 unspecified atom stereocenters. The van der Waals surface area contributed by atoms with Gasteiger partial charge in [-0.2, -0.15) is 5.10 Å². The second-order valence-electron chi connectivity index (χ2n) is 9.91. The molecule has 2 aromatic rings. The number of carbonyl (C=O) groups is 1. The Bertz CT molecular complexity index is 1060. The number of halogens is 1. The minimum absolute atomic E-state index is 0.0152. The highest BCUT2D eigenvalue weighted by Gasteiger charge is 2.25. The molecular weight excluding hydrogens is 466 g/mol. The third kappa shape index (κ3) is 7.85. The number of hydrogen-bond acceptors (Lipinski definition) is 6. The lowest BCUT2D eigenvalue weighted by molar-refractivity contribution is -0.0676. The molecule has 1 atom stereocenters. The molecule has 35 heavy (non-hydrogen) atoms. The third-order valence-electron chi connectivity index (χ3n) is 5.39. The van der Waals surface area contributed by atoms with E-state index in [1.807, 2.05) is 19.1 Å². The van der Waals surface area contributed by atoms with E-state index in [2.05, 4.69) is 56.8 Å². The van der Waals surface area contributed by atoms with Crippen LogP contribution < -0.4 is 0 Å². The first-order valence-electron chi connectivity index (χ1n) is 11.8. The summed E-state index contributed by atoms with van der Waals surface area (Å²) in [4.78, 5) is 16.4. The first kappa shape index (κ1) is 28.4. The fourth-order valence-corrected chi connectivity index (χ4v) is 3.65. The number of rotatable bonds is 9. The Morgan fingerprint density at radius 1 is 1.17 bits per heavy atom. The van der Waals surface area contributed by atoms with E-state index in [1.54, 1.807) is 31.9 Å². The number of carbonyl (C=O) groups excluding carboxylic acids is 1. The molecule has 0 amide bonds. The predicted molar refractivity (Wildman–Crippen MR) is 142 cm³/mol. The van der Waals surface area contributed by atoms with Gasteiger partial charge in [0.25, 0.3) is 0 Å². The standard InChI is InChI=1S/C27H38ClN3O4/c1-17(2)14-15-33-26(32)35-19(4)34-25(24-23(28)18(3)30-31(24)9)22(16-29-8)20-10-12-21(13-11-20)27(5,6)7/h10-13,16-17,19H,14-15H2,1-9H3/b25-22-,29-16?. The molecule has 0 saturated heterocycles. The second kappa shape index (κ2) is 12.2. The fraction of sp³-hybridized carbons (Fsp3) is 0.519. The van der Waals surface area contributed by atoms with Gasteiger partial charge in [0, 0.05) is 32.8 Å². The average molecular weight is 504 g/mol. The quantitative estimate of drug-likeness (QED) is 0.162. The van der Waals surface area contributed by atoms with Crippen LogP contribution in [0.4, 0.5) is 4.79 Å². The van der Waals surface area contributed by atoms with Crippen LogP contribution in [0.1, 0.15) is 70.5 Å². The number of benzene rings is 1. The zero-order valence-electron chi connectivity index (χ0n) is 22.3. The predicted octanol–water partition coefficient (Wildman–Crippen LogP) is 6.81. The van der Waals surface area contributed by atoms with Gasteiger partial charge in [-0.25, -0.2) is 4.79 Å². The van der Waals surface area contributed by atoms with Crippen LogP contribution in [0.3, 0.4) is 0 Å². The maximum absolute atomic E-state index is 12.2. The highest BCUT2D eigenvalue weighted by Crippen LogP contribution is 2.34. The molecule has 0 bridgehead atoms. The zero-order chi connectivity index (χ0) is 26.3. The van der Waals surface area contributed by atoms with Crippen molar-refractivity contribution in [2.45, 2.75) is 66.6 Å². The fourth-order valence-electron chi connectivity index (χ4n) is 3.41. The van der Waals surface area contributed by atoms with Gasteiger partial charge < -0.3 is 14.2 Å². The molecule has 192 valence electrons. The average Bonchev–Trinajstić information content (AvgIpc) is 3.01. The summed E-state index contributed by atoms with van der Waals surface area (Å²) >= 11 is 6.64. The number of aliphatic imine (C=N–C) groups is 1. The molecule has 0 aliphatic carbocycles. The van der Waals surface area contributed by atoms with E-state index >= 15 is 0 Å². The Labute approximate surface area is 214 Å². The van der Waals surface area contributed by atoms with Gasteiger partial charge in [0.05, 0.1) is 17.3 Å². The molecule has 0 radical (unpaired) electrons. The molecule has 1 heterocycles. The summed E-state index contributed by atoms with van der Waals surface area (Å²) in [6.07, 6.45) is 0.719. The van der Waals surface area contributed by atoms with Gasteiger partial charge in [-0.1, -0.05) is 70.5 Å². The number of ether oxygens (including phenoxy) is 3. The van der Waals surface area contributed by atoms with Crippen LogP contribution in [0.2, 0.25) is 5.02 Å². The molecule has 2 rings (SSSR count). The summed E-state index contributed by atoms with van der Waals surface area (Å²) in [6.45, 7) is 14.3. The Kier molecular flexibility index (Phi) is 9.95. The topological polar surface area (TPSA) is 74.9 Å². The van der Waals surface area contributed by atoms with E-state index in [-0.39, 0.29) is 12.0 Å². The van der Waals surface area contributed by atoms with Crippen LogP contribution in [-0.4, -0.2) is 42.1 Å². The number of allylic oxidation sites excluding steroid dienone is 1. The zero-order valence-corrected chi connectivity index (χ0v) is 23.1. The number of nitrogens with zero attached hydrogens (tertiary/aromatic N) is 3. The highest BCUT2D eigenvalue weighted by molar-refractivity contribution is 6.33. The molecule has 1 aromatic heterocycles. The molecule has 8 heteroatoms. The molecule has 0 N–H and O–H groups in total. The lowest BCUT2D eigenvalue weighted by atomic mass is 9.86. The molecule has 0 fully saturated rings. The summed E-state index contributed by atoms with van der Waals surface area (Å²) in [7, 11) is 3.47. The van der Waals surface area contributed by atoms with Crippen molar-refractivity contribution in [1.29, 1.82) is 0 Å². The lowest BCUT2D eigenvalue weighted by Crippen LogP contribution is -2.20. The number of aryl methyl sites for hydroxylation is 2. The van der Waals surface area contributed by atoms with Gasteiger partial charge >= 0.3 is 6.16 Å². The van der Waals surface area contributed by atoms with Crippen molar-refractivity contribution < 1.29 is 19.0 Å². The minimum Gasteiger partial charge on any atom is -0.452 e. The van der Waals surface area contributed by atoms with Crippen LogP contribution in [0.15, 0.2) is 29.3 Å². The maximum Gasteiger partial charge on any atom is 0.511 e. The summed E-state index contributed by atoms with van der Waals surface area (Å²) in [6, 6.07) is 8.20. The molecule has 0 spiro atoms. The van der Waals surface area contributed by atoms with E-state index < -0.39 is 12.4 Å². The van der Waals surface area contributed by atoms with Gasteiger partial charge in [-0.15, -0.1) is 0 Å². The van der Waals surface area contributed by atoms with E-state index in [0.717, 1.165) is 12.0 Å². The molecule has 0 saturated carbocycles. The summed E-state index contributed by atoms with van der Waals surface area (Å²) < 4.78 is 18.4. The molecular formula is C27H38ClN3O4. The smallest absolute Gasteiger partial charge is 0.452 e. The molecule has 0 aliphatic heterocycles. The van der Waals surface area contributed by atoms with Gasteiger partial charge in [-0.05, 0) is 35.8 Å². The monoisotopic (exact) mass is 503 g/mol. The van der Waals surface area contributed by atoms with Crippen molar-refractivity contribution in [3.05, 3.63) is 51.8 Å². The third-order valence-corrected chi connectivity index (χ3v) is 5.84. The number of aromatic nitrogens is 2. The van der Waals surface area contributed by atoms with Crippen molar-refractivity contribution >= 4 is 35.3 Å². The van der Waals surface area contributed by atoms with Crippen LogP contribution in [0.5, 0.6) is 0 Å². The molecule has 7 nitrogen and oxygen atoms in total. The van der Waals surface area contributed by atoms with Gasteiger partial charge in [0.1, 0.15) is 5.69 Å². The Balaban J connectivity index is 2.50. The van der Waals surface area contributed by atoms with Gasteiger partial charge in [0.2, 0.25) is 6.29 Å². The molecule has 1 aromatic carbocycles. The SMILES string of the molecule is CN=C/C(=C(/OC(C)OC(=O)OCCC(C)C)c1c(Cl)c(C)nn1C)c1ccc(C(C)(C)C)cc1. The van der Waals surface area contributed by atoms with Crippen LogP contribution in [0.25, 0.3) is 11.3 Å². The first-order valence-corrected chi connectivity index (χ1v) is 12.2. The Morgan fingerprint density at radius 2 is 1.80 bits per heavy atom. The Hall–Kier alpha value is -2.80. The lowest BCUT2D eigenvalue weighted by Gasteiger charge is -2.22. The molecule has 0 aliphatic rings. The van der Waals surface area contributed by atoms with Crippen molar-refractivity contribution in [3.63, 3.8) is 0 Å². The van der Waals surface area contributed by atoms with E-state index in [1.165, 1.54) is 5.56 Å². The first-order chi connectivity index (χ1) is 16.3. The summed E-state index contributed by atoms with van der Waals surface area (Å²) in [5, 5.41) is 4.88. The van der Waals surface area contributed by atoms with Crippen LogP contribution in [0, 0.1) is 12.8 Å². The van der Waals surface area contributed by atoms with Crippen molar-refractivity contribution in [3.8, 4) is 0 Å². The Morgan fingerprint density at radius 3 is 2.29 bits per heavy atom. The summed E-state index contributed by atoms with van der Waals surface area (Å²) in [5.41, 5.74) is 3.99. The number of hydrogen-bond donors (Lipinski definition) is 0. The maximum atomic E-state index is 12.2. The minimum atomic E-state index is -0.947. The van der Waals surface area contributed by atoms with Crippen molar-refractivity contribution in [2.24, 2.45) is 18.0 Å². The van der Waals surface area contributed by atoms with Crippen LogP contribution in [-0.2, 0) is 26.7 Å². The van der Waals surface area contributed by atoms with Crippen molar-refractivity contribution in [1.82, 2.24) is 9.78 Å². The van der Waals surface area contributed by atoms with Gasteiger partial charge in [-0.3, -0.25) is 9.67 Å². The normalized spacial score (nSPS) is 13.7. The second-order valence-corrected chi connectivity index (χ2v) is 10.3. The highest BCUT2D eigenvalue weighted by atomic mass is 35.5. The van der Waals surface area contributed by atoms with Crippen LogP contribution >= 0.6 is 11.6 Å². The van der Waals surface area contributed by atoms with E-state index in [4.69, 9.17) is 25.8 Å². The van der Waals surface area contributed by atoms with Gasteiger partial charge in [0.15, 0.2) is 5.76 Å². The van der Waals surface area contributed by atoms with Crippen molar-refractivity contribution in [2.75, 3.05) is 13.7 Å². The summed E-state index contributed by atoms with van der Waals surface area (Å²) in [5.74, 6) is 0.816. The largest absolute Gasteiger partial charge is 0.511 e.